The maximum absolute atomic E-state index is 13.0. The Labute approximate surface area is 235 Å². The van der Waals surface area contributed by atoms with Crippen molar-refractivity contribution in [1.82, 2.24) is 0 Å². The largest absolute Gasteiger partial charge is 0.473 e. The van der Waals surface area contributed by atoms with Crippen LogP contribution in [0.5, 0.6) is 0 Å². The summed E-state index contributed by atoms with van der Waals surface area (Å²) in [6, 6.07) is 23.6. The summed E-state index contributed by atoms with van der Waals surface area (Å²) in [5.41, 5.74) is -0.183. The zero-order chi connectivity index (χ0) is 28.4. The van der Waals surface area contributed by atoms with Crippen LogP contribution >= 0.6 is 7.82 Å². The quantitative estimate of drug-likeness (QED) is 0.127. The number of rotatable bonds is 6. The van der Waals surface area contributed by atoms with Crippen molar-refractivity contribution in [3.05, 3.63) is 72.3 Å². The van der Waals surface area contributed by atoms with Crippen LogP contribution in [0.3, 0.4) is 0 Å². The average Bonchev–Trinajstić information content (AvgIpc) is 3.24. The molecule has 4 atom stereocenters. The van der Waals surface area contributed by atoms with Gasteiger partial charge in [0.05, 0.1) is 23.9 Å². The first-order valence-corrected chi connectivity index (χ1v) is 15.4. The molecule has 5 aromatic carbocycles. The minimum Gasteiger partial charge on any atom is -0.373 e. The van der Waals surface area contributed by atoms with Crippen molar-refractivity contribution in [3.63, 3.8) is 0 Å². The highest BCUT2D eigenvalue weighted by molar-refractivity contribution is 7.47. The van der Waals surface area contributed by atoms with Crippen molar-refractivity contribution in [2.45, 2.75) is 77.5 Å². The zero-order valence-electron chi connectivity index (χ0n) is 23.9. The Bertz CT molecular complexity index is 1730. The van der Waals surface area contributed by atoms with Gasteiger partial charge in [0.1, 0.15) is 12.2 Å². The maximum atomic E-state index is 13.0. The summed E-state index contributed by atoms with van der Waals surface area (Å²) in [5.74, 6) is 0. The highest BCUT2D eigenvalue weighted by Gasteiger charge is 2.44. The van der Waals surface area contributed by atoms with Gasteiger partial charge in [0, 0.05) is 6.42 Å². The first-order valence-electron chi connectivity index (χ1n) is 13.9. The second-order valence-corrected chi connectivity index (χ2v) is 14.1. The minimum atomic E-state index is -4.36. The summed E-state index contributed by atoms with van der Waals surface area (Å²) in [7, 11) is -4.36. The van der Waals surface area contributed by atoms with Crippen LogP contribution < -0.4 is 0 Å². The zero-order valence-corrected chi connectivity index (χ0v) is 24.8. The molecule has 0 saturated carbocycles. The van der Waals surface area contributed by atoms with Crippen LogP contribution in [0.4, 0.5) is 0 Å². The van der Waals surface area contributed by atoms with Crippen LogP contribution in [-0.2, 0) is 23.1 Å². The lowest BCUT2D eigenvalue weighted by atomic mass is 9.85. The molecule has 1 saturated heterocycles. The van der Waals surface area contributed by atoms with E-state index in [1.165, 1.54) is 26.9 Å². The predicted molar refractivity (Wildman–Crippen MR) is 161 cm³/mol. The van der Waals surface area contributed by atoms with Crippen LogP contribution in [0.15, 0.2) is 66.7 Å². The number of ether oxygens (including phenoxy) is 2. The van der Waals surface area contributed by atoms with Crippen molar-refractivity contribution in [2.24, 2.45) is 0 Å². The molecule has 0 radical (unpaired) electrons. The molecule has 1 aliphatic rings. The molecule has 6 nitrogen and oxygen atoms in total. The van der Waals surface area contributed by atoms with E-state index >= 15 is 0 Å². The van der Waals surface area contributed by atoms with E-state index in [9.17, 15) is 9.46 Å². The molecule has 1 N–H and O–H groups in total. The van der Waals surface area contributed by atoms with Gasteiger partial charge in [0.15, 0.2) is 0 Å². The van der Waals surface area contributed by atoms with Gasteiger partial charge >= 0.3 is 7.82 Å². The van der Waals surface area contributed by atoms with Crippen molar-refractivity contribution in [2.75, 3.05) is 6.61 Å². The average molecular weight is 561 g/mol. The number of phosphoric ester groups is 1. The van der Waals surface area contributed by atoms with E-state index in [1.54, 1.807) is 20.8 Å². The maximum Gasteiger partial charge on any atom is 0.473 e. The van der Waals surface area contributed by atoms with Crippen LogP contribution in [0.2, 0.25) is 0 Å². The Morgan fingerprint density at radius 3 is 2.10 bits per heavy atom. The molecule has 0 amide bonds. The molecule has 1 aliphatic heterocycles. The molecule has 0 spiro atoms. The molecule has 1 fully saturated rings. The number of fused-ring (bicyclic) bond motifs is 2. The molecule has 7 heteroatoms. The molecule has 0 bridgehead atoms. The molecular weight excluding hydrogens is 523 g/mol. The molecule has 210 valence electrons. The van der Waals surface area contributed by atoms with Crippen molar-refractivity contribution < 1.29 is 28.0 Å². The molecule has 0 aliphatic carbocycles. The van der Waals surface area contributed by atoms with E-state index in [4.69, 9.17) is 18.5 Å². The SMILES string of the molecule is CC(C)(C)OC[C@H]1O[C@@H](c2c3ccccc3c3ccc4cccc5ccc2c3c54)CC1OP(=O)(O)OC(C)(C)C. The van der Waals surface area contributed by atoms with Gasteiger partial charge in [0.25, 0.3) is 0 Å². The summed E-state index contributed by atoms with van der Waals surface area (Å²) in [6.07, 6.45) is -1.22. The number of hydrogen-bond donors (Lipinski definition) is 1. The molecule has 0 aromatic heterocycles. The monoisotopic (exact) mass is 560 g/mol. The van der Waals surface area contributed by atoms with E-state index in [2.05, 4.69) is 60.7 Å². The standard InChI is InChI=1S/C33H37O6P/c1-32(2,3)36-19-28-26(38-40(34,35)39-33(4,5)6)18-27(37-28)30-23-13-8-7-12-22(23)24-16-14-20-10-9-11-21-15-17-25(30)31(24)29(20)21/h7-17,26-28H,18-19H2,1-6H3,(H,34,35)/t26?,27-,28-/m1/s1. The Balaban J connectivity index is 1.49. The molecule has 1 heterocycles. The van der Waals surface area contributed by atoms with Crippen molar-refractivity contribution in [1.29, 1.82) is 0 Å². The first-order chi connectivity index (χ1) is 18.8. The normalized spacial score (nSPS) is 22.1. The summed E-state index contributed by atoms with van der Waals surface area (Å²) in [6.45, 7) is 11.3. The fourth-order valence-corrected chi connectivity index (χ4v) is 7.31. The lowest BCUT2D eigenvalue weighted by Crippen LogP contribution is -2.33. The second-order valence-electron chi connectivity index (χ2n) is 12.8. The van der Waals surface area contributed by atoms with Gasteiger partial charge in [-0.25, -0.2) is 4.57 Å². The molecule has 2 unspecified atom stereocenters. The van der Waals surface area contributed by atoms with E-state index in [1.807, 2.05) is 26.8 Å². The third-order valence-corrected chi connectivity index (χ3v) is 8.75. The fourth-order valence-electron chi connectivity index (χ4n) is 6.01. The molecule has 40 heavy (non-hydrogen) atoms. The van der Waals surface area contributed by atoms with E-state index in [-0.39, 0.29) is 12.7 Å². The van der Waals surface area contributed by atoms with Crippen molar-refractivity contribution in [3.8, 4) is 0 Å². The van der Waals surface area contributed by atoms with Crippen LogP contribution in [-0.4, -0.2) is 34.9 Å². The summed E-state index contributed by atoms with van der Waals surface area (Å²) in [4.78, 5) is 10.7. The van der Waals surface area contributed by atoms with Gasteiger partial charge in [0.2, 0.25) is 0 Å². The summed E-state index contributed by atoms with van der Waals surface area (Å²) in [5, 5.41) is 9.43. The Kier molecular flexibility index (Phi) is 6.74. The van der Waals surface area contributed by atoms with E-state index in [0.29, 0.717) is 6.42 Å². The summed E-state index contributed by atoms with van der Waals surface area (Å²) >= 11 is 0. The van der Waals surface area contributed by atoms with Crippen LogP contribution in [0.1, 0.15) is 59.6 Å². The third-order valence-electron chi connectivity index (χ3n) is 7.43. The summed E-state index contributed by atoms with van der Waals surface area (Å²) < 4.78 is 37.1. The molecular formula is C33H37O6P. The first kappa shape index (κ1) is 27.6. The third kappa shape index (κ3) is 5.25. The number of phosphoric acid groups is 1. The second kappa shape index (κ2) is 9.77. The highest BCUT2D eigenvalue weighted by atomic mass is 31.2. The topological polar surface area (TPSA) is 74.2 Å². The van der Waals surface area contributed by atoms with Crippen molar-refractivity contribution >= 4 is 50.9 Å². The Morgan fingerprint density at radius 2 is 1.45 bits per heavy atom. The lowest BCUT2D eigenvalue weighted by Gasteiger charge is -2.28. The number of hydrogen-bond acceptors (Lipinski definition) is 5. The Hall–Kier alpha value is -2.57. The van der Waals surface area contributed by atoms with Gasteiger partial charge < -0.3 is 14.4 Å². The Morgan fingerprint density at radius 1 is 0.800 bits per heavy atom. The van der Waals surface area contributed by atoms with E-state index in [0.717, 1.165) is 21.7 Å². The van der Waals surface area contributed by atoms with Gasteiger partial charge in [-0.3, -0.25) is 9.05 Å². The molecule has 6 rings (SSSR count). The van der Waals surface area contributed by atoms with Gasteiger partial charge in [-0.1, -0.05) is 66.7 Å². The fraction of sp³-hybridized carbons (Fsp3) is 0.394. The smallest absolute Gasteiger partial charge is 0.373 e. The predicted octanol–water partition coefficient (Wildman–Crippen LogP) is 8.68. The minimum absolute atomic E-state index is 0.226. The van der Waals surface area contributed by atoms with Gasteiger partial charge in [-0.15, -0.1) is 0 Å². The number of benzene rings is 5. The lowest BCUT2D eigenvalue weighted by molar-refractivity contribution is -0.0894. The highest BCUT2D eigenvalue weighted by Crippen LogP contribution is 2.53. The van der Waals surface area contributed by atoms with Gasteiger partial charge in [-0.05, 0) is 90.2 Å². The van der Waals surface area contributed by atoms with Crippen LogP contribution in [0.25, 0.3) is 43.1 Å². The van der Waals surface area contributed by atoms with Gasteiger partial charge in [-0.2, -0.15) is 0 Å². The van der Waals surface area contributed by atoms with E-state index < -0.39 is 31.2 Å². The molecule has 5 aromatic rings. The van der Waals surface area contributed by atoms with Crippen LogP contribution in [0, 0.1) is 0 Å².